The third-order valence-corrected chi connectivity index (χ3v) is 5.13. The van der Waals surface area contributed by atoms with Crippen LogP contribution in [0.1, 0.15) is 23.7 Å². The summed E-state index contributed by atoms with van der Waals surface area (Å²) in [7, 11) is 0. The van der Waals surface area contributed by atoms with E-state index in [1.54, 1.807) is 6.20 Å². The lowest BCUT2D eigenvalue weighted by Gasteiger charge is -2.28. The van der Waals surface area contributed by atoms with Crippen LogP contribution in [-0.4, -0.2) is 41.6 Å². The number of hydrogen-bond donors (Lipinski definition) is 0. The highest BCUT2D eigenvalue weighted by Gasteiger charge is 2.35. The fourth-order valence-corrected chi connectivity index (χ4v) is 3.63. The number of aromatic nitrogens is 1. The molecular weight excluding hydrogens is 384 g/mol. The number of carbonyl (C=O) groups excluding carboxylic acids is 1. The molecule has 2 unspecified atom stereocenters. The molecule has 6 heteroatoms. The molecule has 1 aromatic carbocycles. The zero-order valence-electron chi connectivity index (χ0n) is 13.7. The van der Waals surface area contributed by atoms with Crippen LogP contribution in [0.15, 0.2) is 47.1 Å². The summed E-state index contributed by atoms with van der Waals surface area (Å²) in [6, 6.07) is 11.8. The maximum Gasteiger partial charge on any atom is 0.256 e. The Kier molecular flexibility index (Phi) is 4.72. The van der Waals surface area contributed by atoms with Crippen molar-refractivity contribution in [1.29, 1.82) is 0 Å². The zero-order chi connectivity index (χ0) is 17.2. The van der Waals surface area contributed by atoms with E-state index in [0.717, 1.165) is 22.9 Å². The van der Waals surface area contributed by atoms with Crippen LogP contribution >= 0.6 is 15.9 Å². The van der Waals surface area contributed by atoms with Crippen LogP contribution in [0.5, 0.6) is 5.88 Å². The average Bonchev–Trinajstić information content (AvgIpc) is 3.11. The van der Waals surface area contributed by atoms with Gasteiger partial charge in [0.25, 0.3) is 5.91 Å². The van der Waals surface area contributed by atoms with Crippen molar-refractivity contribution in [3.63, 3.8) is 0 Å². The summed E-state index contributed by atoms with van der Waals surface area (Å²) in [5.41, 5.74) is 2.20. The smallest absolute Gasteiger partial charge is 0.256 e. The van der Waals surface area contributed by atoms with Gasteiger partial charge in [0.2, 0.25) is 5.88 Å². The van der Waals surface area contributed by atoms with E-state index < -0.39 is 6.10 Å². The molecule has 2 atom stereocenters. The van der Waals surface area contributed by atoms with E-state index in [4.69, 9.17) is 9.47 Å². The molecular formula is C19H19BrN2O3. The lowest BCUT2D eigenvalue weighted by atomic mass is 9.97. The standard InChI is InChI=1S/C19H19BrN2O3/c20-14-5-6-17(21-11-14)25-15-7-9-22(12-15)19(23)18-16-4-2-1-3-13(16)8-10-24-18/h1-6,11,15,18H,7-10,12H2. The number of amides is 1. The maximum absolute atomic E-state index is 12.9. The molecule has 0 N–H and O–H groups in total. The number of nitrogens with zero attached hydrogens (tertiary/aromatic N) is 2. The summed E-state index contributed by atoms with van der Waals surface area (Å²) in [6.07, 6.45) is 2.85. The van der Waals surface area contributed by atoms with Crippen molar-refractivity contribution in [2.45, 2.75) is 25.0 Å². The number of benzene rings is 1. The first-order chi connectivity index (χ1) is 12.2. The van der Waals surface area contributed by atoms with Gasteiger partial charge in [-0.1, -0.05) is 24.3 Å². The van der Waals surface area contributed by atoms with E-state index >= 15 is 0 Å². The number of rotatable bonds is 3. The van der Waals surface area contributed by atoms with E-state index in [1.807, 2.05) is 35.2 Å². The first-order valence-electron chi connectivity index (χ1n) is 8.47. The molecule has 1 amide bonds. The number of carbonyl (C=O) groups is 1. The summed E-state index contributed by atoms with van der Waals surface area (Å²) < 4.78 is 12.6. The second-order valence-corrected chi connectivity index (χ2v) is 7.24. The van der Waals surface area contributed by atoms with Crippen LogP contribution in [0.3, 0.4) is 0 Å². The van der Waals surface area contributed by atoms with Crippen molar-refractivity contribution in [3.8, 4) is 5.88 Å². The minimum absolute atomic E-state index is 0.0296. The largest absolute Gasteiger partial charge is 0.472 e. The monoisotopic (exact) mass is 402 g/mol. The molecule has 0 aliphatic carbocycles. The Labute approximate surface area is 155 Å². The van der Waals surface area contributed by atoms with Gasteiger partial charge in [-0.25, -0.2) is 4.98 Å². The minimum Gasteiger partial charge on any atom is -0.472 e. The number of fused-ring (bicyclic) bond motifs is 1. The van der Waals surface area contributed by atoms with Gasteiger partial charge in [-0.05, 0) is 39.5 Å². The van der Waals surface area contributed by atoms with Crippen LogP contribution in [0.25, 0.3) is 0 Å². The summed E-state index contributed by atoms with van der Waals surface area (Å²) in [6.45, 7) is 1.84. The van der Waals surface area contributed by atoms with Gasteiger partial charge in [-0.2, -0.15) is 0 Å². The van der Waals surface area contributed by atoms with Gasteiger partial charge >= 0.3 is 0 Å². The quantitative estimate of drug-likeness (QED) is 0.791. The fourth-order valence-electron chi connectivity index (χ4n) is 3.39. The lowest BCUT2D eigenvalue weighted by Crippen LogP contribution is -2.37. The number of halogens is 1. The van der Waals surface area contributed by atoms with Crippen molar-refractivity contribution in [2.24, 2.45) is 0 Å². The zero-order valence-corrected chi connectivity index (χ0v) is 15.3. The van der Waals surface area contributed by atoms with Gasteiger partial charge in [0, 0.05) is 29.7 Å². The van der Waals surface area contributed by atoms with Crippen LogP contribution in [0.2, 0.25) is 0 Å². The van der Waals surface area contributed by atoms with Crippen molar-refractivity contribution in [2.75, 3.05) is 19.7 Å². The summed E-state index contributed by atoms with van der Waals surface area (Å²) in [5, 5.41) is 0. The van der Waals surface area contributed by atoms with E-state index in [-0.39, 0.29) is 12.0 Å². The Morgan fingerprint density at radius 3 is 3.00 bits per heavy atom. The van der Waals surface area contributed by atoms with Crippen LogP contribution in [-0.2, 0) is 16.0 Å². The second-order valence-electron chi connectivity index (χ2n) is 6.33. The average molecular weight is 403 g/mol. The number of ether oxygens (including phenoxy) is 2. The molecule has 130 valence electrons. The van der Waals surface area contributed by atoms with Gasteiger partial charge < -0.3 is 14.4 Å². The molecule has 4 rings (SSSR count). The van der Waals surface area contributed by atoms with Crippen molar-refractivity contribution in [3.05, 3.63) is 58.2 Å². The van der Waals surface area contributed by atoms with Gasteiger partial charge in [-0.3, -0.25) is 4.79 Å². The maximum atomic E-state index is 12.9. The molecule has 0 saturated carbocycles. The Balaban J connectivity index is 1.42. The summed E-state index contributed by atoms with van der Waals surface area (Å²) >= 11 is 3.36. The van der Waals surface area contributed by atoms with Gasteiger partial charge in [0.15, 0.2) is 6.10 Å². The Morgan fingerprint density at radius 1 is 1.28 bits per heavy atom. The molecule has 25 heavy (non-hydrogen) atoms. The van der Waals surface area contributed by atoms with Crippen LogP contribution < -0.4 is 4.74 Å². The van der Waals surface area contributed by atoms with Gasteiger partial charge in [0.1, 0.15) is 6.10 Å². The molecule has 3 heterocycles. The van der Waals surface area contributed by atoms with Crippen molar-refractivity contribution >= 4 is 21.8 Å². The van der Waals surface area contributed by atoms with E-state index in [9.17, 15) is 4.79 Å². The number of hydrogen-bond acceptors (Lipinski definition) is 4. The van der Waals surface area contributed by atoms with E-state index in [1.165, 1.54) is 5.56 Å². The number of pyridine rings is 1. The highest BCUT2D eigenvalue weighted by Crippen LogP contribution is 2.30. The van der Waals surface area contributed by atoms with Crippen molar-refractivity contribution in [1.82, 2.24) is 9.88 Å². The van der Waals surface area contributed by atoms with Crippen molar-refractivity contribution < 1.29 is 14.3 Å². The Hall–Kier alpha value is -1.92. The normalized spacial score (nSPS) is 22.5. The van der Waals surface area contributed by atoms with Gasteiger partial charge in [0.05, 0.1) is 13.2 Å². The fraction of sp³-hybridized carbons (Fsp3) is 0.368. The molecule has 2 aromatic rings. The van der Waals surface area contributed by atoms with Crippen LogP contribution in [0.4, 0.5) is 0 Å². The molecule has 1 fully saturated rings. The third kappa shape index (κ3) is 3.55. The lowest BCUT2D eigenvalue weighted by molar-refractivity contribution is -0.144. The molecule has 0 bridgehead atoms. The molecule has 0 radical (unpaired) electrons. The highest BCUT2D eigenvalue weighted by atomic mass is 79.9. The van der Waals surface area contributed by atoms with E-state index in [2.05, 4.69) is 27.0 Å². The number of likely N-dealkylation sites (tertiary alicyclic amines) is 1. The molecule has 2 aliphatic rings. The second kappa shape index (κ2) is 7.14. The molecule has 0 spiro atoms. The summed E-state index contributed by atoms with van der Waals surface area (Å²) in [5.74, 6) is 0.615. The highest BCUT2D eigenvalue weighted by molar-refractivity contribution is 9.10. The third-order valence-electron chi connectivity index (χ3n) is 4.66. The first kappa shape index (κ1) is 16.5. The first-order valence-corrected chi connectivity index (χ1v) is 9.26. The minimum atomic E-state index is -0.491. The molecule has 1 saturated heterocycles. The Morgan fingerprint density at radius 2 is 2.16 bits per heavy atom. The SMILES string of the molecule is O=C(C1OCCc2ccccc21)N1CCC(Oc2ccc(Br)cn2)C1. The topological polar surface area (TPSA) is 51.7 Å². The molecule has 2 aliphatic heterocycles. The Bertz CT molecular complexity index is 766. The van der Waals surface area contributed by atoms with Crippen LogP contribution in [0, 0.1) is 0 Å². The molecule has 5 nitrogen and oxygen atoms in total. The van der Waals surface area contributed by atoms with Gasteiger partial charge in [-0.15, -0.1) is 0 Å². The summed E-state index contributed by atoms with van der Waals surface area (Å²) in [4.78, 5) is 19.0. The van der Waals surface area contributed by atoms with E-state index in [0.29, 0.717) is 25.6 Å². The molecule has 1 aromatic heterocycles. The predicted molar refractivity (Wildman–Crippen MR) is 96.4 cm³/mol. The predicted octanol–water partition coefficient (Wildman–Crippen LogP) is 3.14.